The van der Waals surface area contributed by atoms with Gasteiger partial charge in [-0.05, 0) is 29.7 Å². The summed E-state index contributed by atoms with van der Waals surface area (Å²) in [5, 5.41) is 2.92. The number of hydrogen-bond acceptors (Lipinski definition) is 3. The number of hydrogen-bond donors (Lipinski definition) is 1. The number of piperazine rings is 1. The van der Waals surface area contributed by atoms with Gasteiger partial charge in [0.25, 0.3) is 5.91 Å². The van der Waals surface area contributed by atoms with Gasteiger partial charge in [0.2, 0.25) is 5.91 Å². The molecule has 3 rings (SSSR count). The van der Waals surface area contributed by atoms with Crippen LogP contribution in [0.15, 0.2) is 54.6 Å². The molecule has 1 aliphatic heterocycles. The zero-order valence-electron chi connectivity index (χ0n) is 16.9. The summed E-state index contributed by atoms with van der Waals surface area (Å²) < 4.78 is 0. The Morgan fingerprint density at radius 2 is 1.50 bits per heavy atom. The number of amides is 2. The summed E-state index contributed by atoms with van der Waals surface area (Å²) in [7, 11) is 0. The van der Waals surface area contributed by atoms with Crippen LogP contribution in [0.1, 0.15) is 37.6 Å². The molecular weight excluding hydrogens is 350 g/mol. The Bertz CT molecular complexity index is 819. The van der Waals surface area contributed by atoms with Crippen LogP contribution in [0.25, 0.3) is 0 Å². The van der Waals surface area contributed by atoms with Gasteiger partial charge in [-0.1, -0.05) is 51.1 Å². The zero-order chi connectivity index (χ0) is 20.1. The molecule has 1 N–H and O–H groups in total. The van der Waals surface area contributed by atoms with Gasteiger partial charge in [0.05, 0.1) is 11.3 Å². The molecule has 0 bridgehead atoms. The lowest BCUT2D eigenvalue weighted by atomic mass is 9.92. The minimum absolute atomic E-state index is 0.0284. The highest BCUT2D eigenvalue weighted by Gasteiger charge is 2.25. The average molecular weight is 380 g/mol. The molecule has 2 amide bonds. The van der Waals surface area contributed by atoms with Crippen LogP contribution >= 0.6 is 0 Å². The van der Waals surface area contributed by atoms with Crippen molar-refractivity contribution in [2.24, 2.45) is 5.41 Å². The summed E-state index contributed by atoms with van der Waals surface area (Å²) in [4.78, 5) is 29.6. The molecule has 1 fully saturated rings. The molecular formula is C23H29N3O2. The fourth-order valence-corrected chi connectivity index (χ4v) is 3.43. The molecule has 0 radical (unpaired) electrons. The molecule has 5 heteroatoms. The van der Waals surface area contributed by atoms with Crippen LogP contribution in [0.3, 0.4) is 0 Å². The van der Waals surface area contributed by atoms with E-state index in [0.29, 0.717) is 30.8 Å². The zero-order valence-corrected chi connectivity index (χ0v) is 16.9. The van der Waals surface area contributed by atoms with Crippen LogP contribution in [-0.2, 0) is 4.79 Å². The van der Waals surface area contributed by atoms with Gasteiger partial charge in [0, 0.05) is 38.3 Å². The third-order valence-corrected chi connectivity index (χ3v) is 4.81. The first kappa shape index (κ1) is 19.9. The lowest BCUT2D eigenvalue weighted by Gasteiger charge is -2.36. The normalized spacial score (nSPS) is 14.7. The Morgan fingerprint density at radius 1 is 0.893 bits per heavy atom. The van der Waals surface area contributed by atoms with Crippen molar-refractivity contribution in [2.75, 3.05) is 36.4 Å². The van der Waals surface area contributed by atoms with E-state index in [1.54, 1.807) is 12.1 Å². The second-order valence-electron chi connectivity index (χ2n) is 8.45. The summed E-state index contributed by atoms with van der Waals surface area (Å²) in [5.41, 5.74) is 2.23. The monoisotopic (exact) mass is 379 g/mol. The predicted octanol–water partition coefficient (Wildman–Crippen LogP) is 4.02. The number of nitrogens with one attached hydrogen (secondary N) is 1. The van der Waals surface area contributed by atoms with E-state index in [-0.39, 0.29) is 17.2 Å². The first-order valence-corrected chi connectivity index (χ1v) is 9.82. The van der Waals surface area contributed by atoms with Crippen LogP contribution in [0.2, 0.25) is 0 Å². The van der Waals surface area contributed by atoms with Crippen molar-refractivity contribution < 1.29 is 9.59 Å². The summed E-state index contributed by atoms with van der Waals surface area (Å²) in [6, 6.07) is 17.5. The Labute approximate surface area is 167 Å². The van der Waals surface area contributed by atoms with Crippen LogP contribution in [0.5, 0.6) is 0 Å². The van der Waals surface area contributed by atoms with Crippen LogP contribution in [0, 0.1) is 5.41 Å². The smallest absolute Gasteiger partial charge is 0.256 e. The number of anilines is 2. The largest absolute Gasteiger partial charge is 0.368 e. The first-order valence-electron chi connectivity index (χ1n) is 9.82. The van der Waals surface area contributed by atoms with E-state index in [0.717, 1.165) is 13.1 Å². The molecule has 0 aliphatic carbocycles. The molecule has 28 heavy (non-hydrogen) atoms. The van der Waals surface area contributed by atoms with Gasteiger partial charge in [0.1, 0.15) is 0 Å². The Balaban J connectivity index is 1.66. The van der Waals surface area contributed by atoms with Gasteiger partial charge in [-0.15, -0.1) is 0 Å². The fraction of sp³-hybridized carbons (Fsp3) is 0.391. The molecule has 5 nitrogen and oxygen atoms in total. The van der Waals surface area contributed by atoms with Crippen molar-refractivity contribution in [1.82, 2.24) is 4.90 Å². The van der Waals surface area contributed by atoms with Crippen molar-refractivity contribution in [1.29, 1.82) is 0 Å². The maximum Gasteiger partial charge on any atom is 0.256 e. The third-order valence-electron chi connectivity index (χ3n) is 4.81. The number of rotatable bonds is 4. The van der Waals surface area contributed by atoms with E-state index in [4.69, 9.17) is 0 Å². The second kappa shape index (κ2) is 8.46. The molecule has 0 unspecified atom stereocenters. The molecule has 1 aliphatic rings. The molecule has 1 heterocycles. The number of nitrogens with zero attached hydrogens (tertiary/aromatic N) is 2. The maximum atomic E-state index is 13.1. The topological polar surface area (TPSA) is 52.7 Å². The number of benzene rings is 2. The van der Waals surface area contributed by atoms with Crippen LogP contribution < -0.4 is 10.2 Å². The lowest BCUT2D eigenvalue weighted by Crippen LogP contribution is -2.49. The highest BCUT2D eigenvalue weighted by atomic mass is 16.2. The van der Waals surface area contributed by atoms with Gasteiger partial charge >= 0.3 is 0 Å². The molecule has 148 valence electrons. The van der Waals surface area contributed by atoms with Gasteiger partial charge in [-0.2, -0.15) is 0 Å². The van der Waals surface area contributed by atoms with Gasteiger partial charge in [-0.3, -0.25) is 9.59 Å². The Kier molecular flexibility index (Phi) is 6.02. The minimum atomic E-state index is -0.100. The van der Waals surface area contributed by atoms with Crippen molar-refractivity contribution >= 4 is 23.2 Å². The minimum Gasteiger partial charge on any atom is -0.368 e. The Hall–Kier alpha value is -2.82. The third kappa shape index (κ3) is 5.12. The first-order chi connectivity index (χ1) is 13.3. The van der Waals surface area contributed by atoms with Crippen molar-refractivity contribution in [3.63, 3.8) is 0 Å². The predicted molar refractivity (Wildman–Crippen MR) is 114 cm³/mol. The maximum absolute atomic E-state index is 13.1. The van der Waals surface area contributed by atoms with Gasteiger partial charge in [0.15, 0.2) is 0 Å². The second-order valence-corrected chi connectivity index (χ2v) is 8.45. The molecule has 0 spiro atoms. The molecule has 0 atom stereocenters. The van der Waals surface area contributed by atoms with Gasteiger partial charge < -0.3 is 15.1 Å². The average Bonchev–Trinajstić information content (AvgIpc) is 2.67. The molecule has 0 saturated carbocycles. The molecule has 1 saturated heterocycles. The van der Waals surface area contributed by atoms with Crippen molar-refractivity contribution in [2.45, 2.75) is 27.2 Å². The van der Waals surface area contributed by atoms with E-state index in [9.17, 15) is 9.59 Å². The van der Waals surface area contributed by atoms with Crippen LogP contribution in [0.4, 0.5) is 11.4 Å². The van der Waals surface area contributed by atoms with E-state index in [1.165, 1.54) is 5.69 Å². The molecule has 2 aromatic carbocycles. The number of carbonyl (C=O) groups excluding carboxylic acids is 2. The van der Waals surface area contributed by atoms with Crippen LogP contribution in [-0.4, -0.2) is 42.9 Å². The summed E-state index contributed by atoms with van der Waals surface area (Å²) in [5.74, 6) is -0.0963. The standard InChI is InChI=1S/C23H29N3O2/c1-23(2,3)17-21(27)24-20-12-8-7-11-19(20)22(28)26-15-13-25(14-16-26)18-9-5-4-6-10-18/h4-12H,13-17H2,1-3H3,(H,24,27). The highest BCUT2D eigenvalue weighted by Crippen LogP contribution is 2.23. The van der Waals surface area contributed by atoms with E-state index in [2.05, 4.69) is 22.3 Å². The highest BCUT2D eigenvalue weighted by molar-refractivity contribution is 6.03. The van der Waals surface area contributed by atoms with Gasteiger partial charge in [-0.25, -0.2) is 0 Å². The van der Waals surface area contributed by atoms with Crippen molar-refractivity contribution in [3.8, 4) is 0 Å². The fourth-order valence-electron chi connectivity index (χ4n) is 3.43. The summed E-state index contributed by atoms with van der Waals surface area (Å²) >= 11 is 0. The summed E-state index contributed by atoms with van der Waals surface area (Å²) in [6.45, 7) is 9.00. The number of carbonyl (C=O) groups is 2. The quantitative estimate of drug-likeness (QED) is 0.873. The SMILES string of the molecule is CC(C)(C)CC(=O)Nc1ccccc1C(=O)N1CCN(c2ccccc2)CC1. The van der Waals surface area contributed by atoms with Crippen molar-refractivity contribution in [3.05, 3.63) is 60.2 Å². The van der Waals surface area contributed by atoms with E-state index < -0.39 is 0 Å². The Morgan fingerprint density at radius 3 is 2.14 bits per heavy atom. The lowest BCUT2D eigenvalue weighted by molar-refractivity contribution is -0.117. The number of para-hydroxylation sites is 2. The van der Waals surface area contributed by atoms with E-state index in [1.807, 2.05) is 56.0 Å². The van der Waals surface area contributed by atoms with E-state index >= 15 is 0 Å². The molecule has 2 aromatic rings. The molecule has 0 aromatic heterocycles. The summed E-state index contributed by atoms with van der Waals surface area (Å²) in [6.07, 6.45) is 0.408.